The third-order valence-electron chi connectivity index (χ3n) is 6.89. The molecule has 6 nitrogen and oxygen atoms in total. The lowest BCUT2D eigenvalue weighted by Gasteiger charge is -2.08. The van der Waals surface area contributed by atoms with E-state index in [1.54, 1.807) is 0 Å². The zero-order valence-electron chi connectivity index (χ0n) is 26.3. The van der Waals surface area contributed by atoms with E-state index in [1.165, 1.54) is 89.9 Å². The van der Waals surface area contributed by atoms with Gasteiger partial charge in [0.05, 0.1) is 46.2 Å². The van der Waals surface area contributed by atoms with E-state index < -0.39 is 0 Å². The van der Waals surface area contributed by atoms with Crippen LogP contribution in [-0.2, 0) is 28.5 Å². The first kappa shape index (κ1) is 38.3. The number of hydrogen-bond acceptors (Lipinski definition) is 6. The topological polar surface area (TPSA) is 63.2 Å². The van der Waals surface area contributed by atoms with Crippen molar-refractivity contribution in [2.45, 2.75) is 143 Å². The van der Waals surface area contributed by atoms with E-state index in [2.05, 4.69) is 20.8 Å². The lowest BCUT2D eigenvalue weighted by Crippen LogP contribution is -2.13. The monoisotopic (exact) mass is 558 g/mol. The molecule has 0 aliphatic carbocycles. The highest BCUT2D eigenvalue weighted by Gasteiger charge is 2.03. The van der Waals surface area contributed by atoms with Gasteiger partial charge < -0.3 is 23.7 Å². The minimum Gasteiger partial charge on any atom is -0.466 e. The Morgan fingerprint density at radius 1 is 0.462 bits per heavy atom. The molecule has 39 heavy (non-hydrogen) atoms. The van der Waals surface area contributed by atoms with Crippen molar-refractivity contribution in [3.63, 3.8) is 0 Å². The van der Waals surface area contributed by atoms with E-state index in [1.807, 2.05) is 0 Å². The van der Waals surface area contributed by atoms with E-state index in [9.17, 15) is 4.79 Å². The molecule has 0 radical (unpaired) electrons. The molecule has 0 atom stereocenters. The van der Waals surface area contributed by atoms with Gasteiger partial charge in [-0.05, 0) is 25.2 Å². The number of hydrogen-bond donors (Lipinski definition) is 0. The van der Waals surface area contributed by atoms with Crippen molar-refractivity contribution in [1.82, 2.24) is 0 Å². The number of carbonyl (C=O) groups is 1. The number of ether oxygens (including phenoxy) is 5. The molecule has 0 aliphatic rings. The van der Waals surface area contributed by atoms with Crippen LogP contribution in [0.1, 0.15) is 143 Å². The van der Waals surface area contributed by atoms with Crippen molar-refractivity contribution < 1.29 is 28.5 Å². The van der Waals surface area contributed by atoms with Gasteiger partial charge in [0.15, 0.2) is 0 Å². The van der Waals surface area contributed by atoms with Crippen LogP contribution >= 0.6 is 0 Å². The standard InChI is InChI=1S/C33H66O6/c1-4-5-6-7-8-9-10-11-12-13-14-15-16-17-18-19-24-39-33(34)21-20-23-35-26-28-37-30-31-38-29-27-36-25-22-32(2)3/h32H,4-31H2,1-3H3. The maximum atomic E-state index is 11.8. The Morgan fingerprint density at radius 2 is 0.846 bits per heavy atom. The predicted molar refractivity (Wildman–Crippen MR) is 162 cm³/mol. The van der Waals surface area contributed by atoms with Gasteiger partial charge in [0.2, 0.25) is 0 Å². The molecule has 0 N–H and O–H groups in total. The Hall–Kier alpha value is -0.690. The molecule has 0 bridgehead atoms. The SMILES string of the molecule is CCCCCCCCCCCCCCCCCCOC(=O)CCCOCCOCCOCCOCCC(C)C. The summed E-state index contributed by atoms with van der Waals surface area (Å²) in [6.45, 7) is 12.0. The number of rotatable bonds is 33. The molecule has 0 rings (SSSR count). The predicted octanol–water partition coefficient (Wildman–Crippen LogP) is 8.68. The molecule has 0 amide bonds. The Bertz CT molecular complexity index is 471. The summed E-state index contributed by atoms with van der Waals surface area (Å²) in [7, 11) is 0. The lowest BCUT2D eigenvalue weighted by molar-refractivity contribution is -0.144. The molecule has 0 aromatic carbocycles. The van der Waals surface area contributed by atoms with Crippen LogP contribution in [0.15, 0.2) is 0 Å². The highest BCUT2D eigenvalue weighted by molar-refractivity contribution is 5.69. The average molecular weight is 559 g/mol. The Labute approximate surface area is 242 Å². The summed E-state index contributed by atoms with van der Waals surface area (Å²) in [6, 6.07) is 0. The van der Waals surface area contributed by atoms with Crippen molar-refractivity contribution in [1.29, 1.82) is 0 Å². The van der Waals surface area contributed by atoms with E-state index in [4.69, 9.17) is 23.7 Å². The number of esters is 1. The fourth-order valence-corrected chi connectivity index (χ4v) is 4.31. The van der Waals surface area contributed by atoms with Crippen LogP contribution in [0.25, 0.3) is 0 Å². The smallest absolute Gasteiger partial charge is 0.305 e. The molecule has 0 fully saturated rings. The second-order valence-electron chi connectivity index (χ2n) is 11.3. The largest absolute Gasteiger partial charge is 0.466 e. The van der Waals surface area contributed by atoms with Crippen molar-refractivity contribution in [3.05, 3.63) is 0 Å². The minimum atomic E-state index is -0.110. The third kappa shape index (κ3) is 35.3. The average Bonchev–Trinajstić information content (AvgIpc) is 2.92. The Morgan fingerprint density at radius 3 is 1.28 bits per heavy atom. The molecule has 0 unspecified atom stereocenters. The first-order chi connectivity index (χ1) is 19.2. The lowest BCUT2D eigenvalue weighted by atomic mass is 10.0. The second kappa shape index (κ2) is 33.5. The van der Waals surface area contributed by atoms with Crippen LogP contribution in [0.3, 0.4) is 0 Å². The molecule has 0 heterocycles. The summed E-state index contributed by atoms with van der Waals surface area (Å²) in [6.07, 6.45) is 23.8. The zero-order chi connectivity index (χ0) is 28.5. The molecule has 0 saturated carbocycles. The summed E-state index contributed by atoms with van der Waals surface area (Å²) in [5.74, 6) is 0.565. The fourth-order valence-electron chi connectivity index (χ4n) is 4.31. The highest BCUT2D eigenvalue weighted by Crippen LogP contribution is 2.13. The number of carbonyl (C=O) groups excluding carboxylic acids is 1. The quantitative estimate of drug-likeness (QED) is 0.0593. The van der Waals surface area contributed by atoms with Gasteiger partial charge >= 0.3 is 5.97 Å². The van der Waals surface area contributed by atoms with Gasteiger partial charge in [-0.2, -0.15) is 0 Å². The van der Waals surface area contributed by atoms with Gasteiger partial charge in [0.1, 0.15) is 0 Å². The summed E-state index contributed by atoms with van der Waals surface area (Å²) in [4.78, 5) is 11.8. The van der Waals surface area contributed by atoms with Gasteiger partial charge in [-0.25, -0.2) is 0 Å². The van der Waals surface area contributed by atoms with Crippen molar-refractivity contribution in [2.24, 2.45) is 5.92 Å². The van der Waals surface area contributed by atoms with Gasteiger partial charge in [-0.15, -0.1) is 0 Å². The van der Waals surface area contributed by atoms with Crippen LogP contribution < -0.4 is 0 Å². The molecule has 6 heteroatoms. The van der Waals surface area contributed by atoms with Crippen LogP contribution in [0.2, 0.25) is 0 Å². The summed E-state index contributed by atoms with van der Waals surface area (Å²) < 4.78 is 27.3. The summed E-state index contributed by atoms with van der Waals surface area (Å²) in [5, 5.41) is 0. The number of unbranched alkanes of at least 4 members (excludes halogenated alkanes) is 15. The van der Waals surface area contributed by atoms with Crippen LogP contribution in [0, 0.1) is 5.92 Å². The van der Waals surface area contributed by atoms with Crippen LogP contribution in [0.5, 0.6) is 0 Å². The summed E-state index contributed by atoms with van der Waals surface area (Å²) in [5.41, 5.74) is 0. The normalized spacial score (nSPS) is 11.5. The summed E-state index contributed by atoms with van der Waals surface area (Å²) >= 11 is 0. The van der Waals surface area contributed by atoms with Crippen LogP contribution in [-0.4, -0.2) is 65.4 Å². The maximum absolute atomic E-state index is 11.8. The molecule has 0 saturated heterocycles. The molecular formula is C33H66O6. The molecule has 0 spiro atoms. The Kier molecular flexibility index (Phi) is 32.9. The highest BCUT2D eigenvalue weighted by atomic mass is 16.6. The second-order valence-corrected chi connectivity index (χ2v) is 11.3. The van der Waals surface area contributed by atoms with Crippen molar-refractivity contribution in [3.8, 4) is 0 Å². The molecule has 0 aliphatic heterocycles. The van der Waals surface area contributed by atoms with Gasteiger partial charge in [0.25, 0.3) is 0 Å². The van der Waals surface area contributed by atoms with E-state index in [0.29, 0.717) is 71.6 Å². The van der Waals surface area contributed by atoms with Gasteiger partial charge in [-0.3, -0.25) is 4.79 Å². The molecule has 0 aromatic heterocycles. The first-order valence-corrected chi connectivity index (χ1v) is 16.6. The zero-order valence-corrected chi connectivity index (χ0v) is 26.3. The third-order valence-corrected chi connectivity index (χ3v) is 6.89. The minimum absolute atomic E-state index is 0.110. The molecular weight excluding hydrogens is 492 g/mol. The Balaban J connectivity index is 3.15. The maximum Gasteiger partial charge on any atom is 0.305 e. The first-order valence-electron chi connectivity index (χ1n) is 16.6. The molecule has 234 valence electrons. The van der Waals surface area contributed by atoms with E-state index in [-0.39, 0.29) is 5.97 Å². The van der Waals surface area contributed by atoms with Gasteiger partial charge in [-0.1, -0.05) is 117 Å². The fraction of sp³-hybridized carbons (Fsp3) is 0.970. The van der Waals surface area contributed by atoms with E-state index >= 15 is 0 Å². The van der Waals surface area contributed by atoms with Gasteiger partial charge in [0, 0.05) is 19.6 Å². The van der Waals surface area contributed by atoms with E-state index in [0.717, 1.165) is 25.9 Å². The molecule has 0 aromatic rings. The van der Waals surface area contributed by atoms with Crippen molar-refractivity contribution >= 4 is 5.97 Å². The van der Waals surface area contributed by atoms with Crippen molar-refractivity contribution in [2.75, 3.05) is 59.5 Å². The van der Waals surface area contributed by atoms with Crippen LogP contribution in [0.4, 0.5) is 0 Å².